The Morgan fingerprint density at radius 2 is 1.80 bits per heavy atom. The number of aryl methyl sites for hydroxylation is 3. The van der Waals surface area contributed by atoms with Crippen molar-refractivity contribution in [1.29, 1.82) is 0 Å². The molecule has 8 nitrogen and oxygen atoms in total. The summed E-state index contributed by atoms with van der Waals surface area (Å²) in [5.41, 5.74) is 7.53. The van der Waals surface area contributed by atoms with E-state index in [-0.39, 0.29) is 14.3 Å². The zero-order chi connectivity index (χ0) is 35.1. The van der Waals surface area contributed by atoms with Crippen molar-refractivity contribution in [3.63, 3.8) is 0 Å². The minimum Gasteiger partial charge on any atom is -0.322 e. The van der Waals surface area contributed by atoms with Gasteiger partial charge >= 0.3 is 0 Å². The van der Waals surface area contributed by atoms with Crippen molar-refractivity contribution in [2.75, 3.05) is 59.2 Å². The van der Waals surface area contributed by atoms with Crippen LogP contribution in [0.3, 0.4) is 0 Å². The summed E-state index contributed by atoms with van der Waals surface area (Å²) in [4.78, 5) is 24.4. The first kappa shape index (κ1) is 36.3. The third-order valence-electron chi connectivity index (χ3n) is 9.36. The van der Waals surface area contributed by atoms with Crippen molar-refractivity contribution in [3.05, 3.63) is 112 Å². The first-order chi connectivity index (χ1) is 23.3. The lowest BCUT2D eigenvalue weighted by Crippen LogP contribution is -2.43. The number of amides is 1. The lowest BCUT2D eigenvalue weighted by Gasteiger charge is -2.32. The molecule has 0 saturated carbocycles. The standard InChI is InChI=1S/C31H36F2N4O.C8H15N3.2H2/c1-21-4-5-22(19-34-21)14-25-8-6-24-7-9-26(17-29(24)25)30(38)35-28-16-23(15-27(18-28)31(2,32)33)20-37-12-10-36(3)11-13-37;1-8-6-9-11(7-8)5-4-10(2)3;;/h4-5,7,9,15-19,25H,6,8,10-14,20H2,1-3H3,(H,35,38);6-7H,4-5H2,1-3H3;2*1H. The molecule has 0 spiro atoms. The molecule has 1 atom stereocenters. The third kappa shape index (κ3) is 10.5. The van der Waals surface area contributed by atoms with Crippen molar-refractivity contribution in [3.8, 4) is 0 Å². The molecule has 2 aromatic carbocycles. The smallest absolute Gasteiger partial charge is 0.270 e. The van der Waals surface area contributed by atoms with Crippen LogP contribution in [0.25, 0.3) is 0 Å². The number of carbonyl (C=O) groups is 1. The van der Waals surface area contributed by atoms with Gasteiger partial charge in [-0.2, -0.15) is 5.10 Å². The van der Waals surface area contributed by atoms with Crippen LogP contribution in [0.15, 0.2) is 67.1 Å². The summed E-state index contributed by atoms with van der Waals surface area (Å²) in [5.74, 6) is -2.94. The Labute approximate surface area is 293 Å². The Morgan fingerprint density at radius 3 is 2.45 bits per heavy atom. The summed E-state index contributed by atoms with van der Waals surface area (Å²) in [6.07, 6.45) is 8.79. The Bertz CT molecular complexity index is 1700. The largest absolute Gasteiger partial charge is 0.322 e. The van der Waals surface area contributed by atoms with Crippen molar-refractivity contribution in [1.82, 2.24) is 29.5 Å². The van der Waals surface area contributed by atoms with E-state index in [1.807, 2.05) is 54.3 Å². The van der Waals surface area contributed by atoms with Crippen LogP contribution in [0, 0.1) is 13.8 Å². The second-order valence-electron chi connectivity index (χ2n) is 14.1. The summed E-state index contributed by atoms with van der Waals surface area (Å²) < 4.78 is 30.7. The number of hydrogen-bond donors (Lipinski definition) is 1. The number of carbonyl (C=O) groups excluding carboxylic acids is 1. The molecule has 1 amide bonds. The zero-order valence-corrected chi connectivity index (χ0v) is 29.8. The lowest BCUT2D eigenvalue weighted by atomic mass is 9.93. The predicted molar refractivity (Wildman–Crippen MR) is 197 cm³/mol. The molecule has 10 heteroatoms. The molecule has 0 radical (unpaired) electrons. The van der Waals surface area contributed by atoms with E-state index < -0.39 is 5.92 Å². The van der Waals surface area contributed by atoms with E-state index in [1.165, 1.54) is 28.3 Å². The molecule has 1 N–H and O–H groups in total. The SMILES string of the molecule is Cc1ccc(CC2CCc3ccc(C(=O)Nc4cc(CN5CCN(C)CC5)cc(C(C)(F)F)c4)cc32)cn1.Cc1cnn(CCN(C)C)c1.[HH].[HH]. The van der Waals surface area contributed by atoms with Crippen LogP contribution < -0.4 is 5.32 Å². The average molecular weight is 676 g/mol. The molecule has 1 aliphatic carbocycles. The number of nitrogens with one attached hydrogen (secondary N) is 1. The number of likely N-dealkylation sites (N-methyl/N-ethyl adjacent to an activating group) is 2. The summed E-state index contributed by atoms with van der Waals surface area (Å²) in [5, 5.41) is 7.09. The maximum Gasteiger partial charge on any atom is 0.270 e. The number of hydrogen-bond acceptors (Lipinski definition) is 6. The summed E-state index contributed by atoms with van der Waals surface area (Å²) in [6, 6.07) is 14.8. The number of halogens is 2. The van der Waals surface area contributed by atoms with E-state index in [0.29, 0.717) is 23.7 Å². The van der Waals surface area contributed by atoms with Gasteiger partial charge in [-0.3, -0.25) is 19.4 Å². The van der Waals surface area contributed by atoms with Crippen LogP contribution in [0.2, 0.25) is 0 Å². The zero-order valence-electron chi connectivity index (χ0n) is 29.8. The number of pyridine rings is 1. The van der Waals surface area contributed by atoms with Gasteiger partial charge in [0.2, 0.25) is 0 Å². The van der Waals surface area contributed by atoms with Gasteiger partial charge in [0.25, 0.3) is 11.8 Å². The molecule has 4 aromatic rings. The fraction of sp³-hybridized carbons (Fsp3) is 0.462. The van der Waals surface area contributed by atoms with Crippen molar-refractivity contribution in [2.24, 2.45) is 0 Å². The van der Waals surface area contributed by atoms with Gasteiger partial charge in [-0.1, -0.05) is 12.1 Å². The Kier molecular flexibility index (Phi) is 12.0. The van der Waals surface area contributed by atoms with Crippen molar-refractivity contribution < 1.29 is 16.4 Å². The molecule has 3 heterocycles. The highest BCUT2D eigenvalue weighted by Crippen LogP contribution is 2.36. The summed E-state index contributed by atoms with van der Waals surface area (Å²) in [7, 11) is 6.22. The predicted octanol–water partition coefficient (Wildman–Crippen LogP) is 7.02. The molecular weight excluding hydrogens is 620 g/mol. The molecule has 1 unspecified atom stereocenters. The van der Waals surface area contributed by atoms with Gasteiger partial charge in [0.15, 0.2) is 0 Å². The first-order valence-electron chi connectivity index (χ1n) is 17.2. The quantitative estimate of drug-likeness (QED) is 0.195. The monoisotopic (exact) mass is 675 g/mol. The van der Waals surface area contributed by atoms with Gasteiger partial charge in [0, 0.05) is 83.9 Å². The molecule has 2 aliphatic rings. The van der Waals surface area contributed by atoms with Gasteiger partial charge in [0.05, 0.1) is 12.7 Å². The van der Waals surface area contributed by atoms with E-state index in [1.54, 1.807) is 6.07 Å². The first-order valence-corrected chi connectivity index (χ1v) is 17.2. The van der Waals surface area contributed by atoms with Crippen LogP contribution in [-0.2, 0) is 31.9 Å². The molecule has 49 heavy (non-hydrogen) atoms. The van der Waals surface area contributed by atoms with E-state index in [2.05, 4.69) is 70.4 Å². The number of fused-ring (bicyclic) bond motifs is 1. The van der Waals surface area contributed by atoms with Gasteiger partial charge in [0.1, 0.15) is 0 Å². The number of piperazine rings is 1. The van der Waals surface area contributed by atoms with Crippen molar-refractivity contribution in [2.45, 2.75) is 65.0 Å². The molecule has 6 rings (SSSR count). The Balaban J connectivity index is 0.000000465. The molecule has 1 fully saturated rings. The number of rotatable bonds is 10. The minimum absolute atomic E-state index is 0. The number of aromatic nitrogens is 3. The number of alkyl halides is 2. The van der Waals surface area contributed by atoms with Crippen LogP contribution in [0.1, 0.15) is 71.5 Å². The fourth-order valence-corrected chi connectivity index (χ4v) is 6.41. The van der Waals surface area contributed by atoms with Gasteiger partial charge in [-0.05, 0) is 124 Å². The second-order valence-corrected chi connectivity index (χ2v) is 14.1. The van der Waals surface area contributed by atoms with Gasteiger partial charge < -0.3 is 15.1 Å². The highest BCUT2D eigenvalue weighted by molar-refractivity contribution is 6.04. The van der Waals surface area contributed by atoms with Crippen LogP contribution >= 0.6 is 0 Å². The highest BCUT2D eigenvalue weighted by atomic mass is 19.3. The summed E-state index contributed by atoms with van der Waals surface area (Å²) >= 11 is 0. The number of anilines is 1. The molecule has 1 saturated heterocycles. The molecule has 2 aromatic heterocycles. The van der Waals surface area contributed by atoms with E-state index in [4.69, 9.17) is 0 Å². The Hall–Kier alpha value is -3.99. The minimum atomic E-state index is -3.00. The molecular formula is C39H55F2N7O. The fourth-order valence-electron chi connectivity index (χ4n) is 6.41. The summed E-state index contributed by atoms with van der Waals surface area (Å²) in [6.45, 7) is 11.2. The van der Waals surface area contributed by atoms with E-state index in [0.717, 1.165) is 76.7 Å². The van der Waals surface area contributed by atoms with E-state index >= 15 is 0 Å². The van der Waals surface area contributed by atoms with Gasteiger partial charge in [-0.15, -0.1) is 0 Å². The highest BCUT2D eigenvalue weighted by Gasteiger charge is 2.27. The van der Waals surface area contributed by atoms with Crippen LogP contribution in [0.4, 0.5) is 14.5 Å². The molecule has 0 bridgehead atoms. The van der Waals surface area contributed by atoms with Gasteiger partial charge in [-0.25, -0.2) is 8.78 Å². The lowest BCUT2D eigenvalue weighted by molar-refractivity contribution is 0.0173. The average Bonchev–Trinajstić information content (AvgIpc) is 3.67. The maximum absolute atomic E-state index is 14.4. The Morgan fingerprint density at radius 1 is 1.02 bits per heavy atom. The second kappa shape index (κ2) is 16.1. The normalized spacial score (nSPS) is 16.7. The topological polar surface area (TPSA) is 69.5 Å². The maximum atomic E-state index is 14.4. The molecule has 1 aliphatic heterocycles. The number of benzene rings is 2. The van der Waals surface area contributed by atoms with Crippen LogP contribution in [0.5, 0.6) is 0 Å². The third-order valence-corrected chi connectivity index (χ3v) is 9.36. The van der Waals surface area contributed by atoms with Crippen molar-refractivity contribution >= 4 is 11.6 Å². The van der Waals surface area contributed by atoms with Crippen LogP contribution in [-0.4, -0.2) is 89.2 Å². The van der Waals surface area contributed by atoms with E-state index in [9.17, 15) is 13.6 Å². The number of nitrogens with zero attached hydrogens (tertiary/aromatic N) is 6. The molecule has 266 valence electrons.